The van der Waals surface area contributed by atoms with Crippen molar-refractivity contribution in [1.29, 1.82) is 0 Å². The van der Waals surface area contributed by atoms with Crippen LogP contribution in [-0.4, -0.2) is 69.0 Å². The first-order chi connectivity index (χ1) is 13.7. The van der Waals surface area contributed by atoms with Crippen LogP contribution in [0.1, 0.15) is 25.8 Å². The second kappa shape index (κ2) is 10.4. The van der Waals surface area contributed by atoms with Crippen molar-refractivity contribution in [2.24, 2.45) is 5.92 Å². The van der Waals surface area contributed by atoms with E-state index in [9.17, 15) is 18.0 Å². The molecule has 2 rings (SSSR count). The van der Waals surface area contributed by atoms with Crippen molar-refractivity contribution in [3.63, 3.8) is 0 Å². The quantitative estimate of drug-likeness (QED) is 0.723. The highest BCUT2D eigenvalue weighted by molar-refractivity contribution is 7.92. The monoisotopic (exact) mass is 423 g/mol. The highest BCUT2D eigenvalue weighted by Gasteiger charge is 2.32. The molecule has 1 atom stereocenters. The van der Waals surface area contributed by atoms with E-state index in [1.807, 2.05) is 44.2 Å². The number of amides is 2. The first-order valence-corrected chi connectivity index (χ1v) is 11.1. The highest BCUT2D eigenvalue weighted by Crippen LogP contribution is 2.14. The van der Waals surface area contributed by atoms with Gasteiger partial charge in [-0.25, -0.2) is 13.2 Å². The minimum absolute atomic E-state index is 0.200. The van der Waals surface area contributed by atoms with Crippen LogP contribution in [0.15, 0.2) is 35.7 Å². The Balaban J connectivity index is 1.98. The minimum atomic E-state index is -3.57. The van der Waals surface area contributed by atoms with Gasteiger partial charge in [0.05, 0.1) is 7.11 Å². The number of ether oxygens (including phenoxy) is 1. The third-order valence-corrected chi connectivity index (χ3v) is 6.19. The molecule has 0 aliphatic carbocycles. The molecule has 29 heavy (non-hydrogen) atoms. The molecule has 1 unspecified atom stereocenters. The molecule has 1 saturated heterocycles. The molecule has 1 fully saturated rings. The van der Waals surface area contributed by atoms with Crippen LogP contribution in [0.2, 0.25) is 0 Å². The predicted octanol–water partition coefficient (Wildman–Crippen LogP) is 1.90. The third kappa shape index (κ3) is 6.86. The summed E-state index contributed by atoms with van der Waals surface area (Å²) in [6.07, 6.45) is 1.38. The lowest BCUT2D eigenvalue weighted by Crippen LogP contribution is -2.55. The zero-order valence-electron chi connectivity index (χ0n) is 17.1. The number of carbonyl (C=O) groups is 2. The fraction of sp³-hybridized carbons (Fsp3) is 0.500. The third-order valence-electron chi connectivity index (χ3n) is 4.62. The molecular formula is C20H29N3O5S. The van der Waals surface area contributed by atoms with Gasteiger partial charge in [-0.2, -0.15) is 4.31 Å². The average Bonchev–Trinajstić information content (AvgIpc) is 2.71. The number of methoxy groups -OCH3 is 1. The second-order valence-corrected chi connectivity index (χ2v) is 9.12. The summed E-state index contributed by atoms with van der Waals surface area (Å²) in [5.41, 5.74) is 0.801. The number of carbonyl (C=O) groups excluding carboxylic acids is 2. The van der Waals surface area contributed by atoms with Gasteiger partial charge >= 0.3 is 6.09 Å². The SMILES string of the molecule is COC(=O)NC(CC(C)C)C(=O)N1CCN(S(=O)(=O)/C=C/c2ccccc2)CC1. The van der Waals surface area contributed by atoms with Crippen molar-refractivity contribution in [2.45, 2.75) is 26.3 Å². The van der Waals surface area contributed by atoms with Crippen LogP contribution < -0.4 is 5.32 Å². The summed E-state index contributed by atoms with van der Waals surface area (Å²) in [6.45, 7) is 4.88. The number of benzene rings is 1. The largest absolute Gasteiger partial charge is 0.453 e. The molecule has 2 amide bonds. The first-order valence-electron chi connectivity index (χ1n) is 9.59. The maximum atomic E-state index is 12.8. The Kier molecular flexibility index (Phi) is 8.21. The van der Waals surface area contributed by atoms with E-state index in [1.165, 1.54) is 16.8 Å². The normalized spacial score (nSPS) is 16.8. The summed E-state index contributed by atoms with van der Waals surface area (Å²) in [4.78, 5) is 26.0. The number of rotatable bonds is 7. The lowest BCUT2D eigenvalue weighted by Gasteiger charge is -2.35. The highest BCUT2D eigenvalue weighted by atomic mass is 32.2. The maximum Gasteiger partial charge on any atom is 0.407 e. The Hall–Kier alpha value is -2.39. The molecule has 0 saturated carbocycles. The van der Waals surface area contributed by atoms with E-state index < -0.39 is 22.2 Å². The molecule has 0 bridgehead atoms. The smallest absolute Gasteiger partial charge is 0.407 e. The fourth-order valence-corrected chi connectivity index (χ4v) is 4.27. The van der Waals surface area contributed by atoms with Crippen LogP contribution in [-0.2, 0) is 19.6 Å². The Morgan fingerprint density at radius 2 is 1.76 bits per heavy atom. The molecule has 9 heteroatoms. The van der Waals surface area contributed by atoms with Gasteiger partial charge in [-0.15, -0.1) is 0 Å². The Labute approximate surface area is 172 Å². The van der Waals surface area contributed by atoms with Gasteiger partial charge in [0.25, 0.3) is 0 Å². The number of alkyl carbamates (subject to hydrolysis) is 1. The molecule has 1 N–H and O–H groups in total. The molecule has 1 aliphatic heterocycles. The van der Waals surface area contributed by atoms with Gasteiger partial charge in [0.15, 0.2) is 0 Å². The van der Waals surface area contributed by atoms with Crippen LogP contribution in [0.3, 0.4) is 0 Å². The molecule has 0 aromatic heterocycles. The van der Waals surface area contributed by atoms with Gasteiger partial charge in [-0.3, -0.25) is 4.79 Å². The first kappa shape index (κ1) is 22.9. The zero-order valence-corrected chi connectivity index (χ0v) is 17.9. The van der Waals surface area contributed by atoms with Gasteiger partial charge < -0.3 is 15.0 Å². The number of nitrogens with zero attached hydrogens (tertiary/aromatic N) is 2. The number of hydrogen-bond donors (Lipinski definition) is 1. The number of nitrogens with one attached hydrogen (secondary N) is 1. The van der Waals surface area contributed by atoms with Crippen molar-refractivity contribution in [2.75, 3.05) is 33.3 Å². The van der Waals surface area contributed by atoms with Crippen molar-refractivity contribution < 1.29 is 22.7 Å². The maximum absolute atomic E-state index is 12.8. The molecular weight excluding hydrogens is 394 g/mol. The van der Waals surface area contributed by atoms with E-state index in [4.69, 9.17) is 0 Å². The summed E-state index contributed by atoms with van der Waals surface area (Å²) >= 11 is 0. The summed E-state index contributed by atoms with van der Waals surface area (Å²) < 4.78 is 31.1. The van der Waals surface area contributed by atoms with Crippen LogP contribution in [0.25, 0.3) is 6.08 Å². The lowest BCUT2D eigenvalue weighted by atomic mass is 10.0. The van der Waals surface area contributed by atoms with Gasteiger partial charge in [0, 0.05) is 31.6 Å². The summed E-state index contributed by atoms with van der Waals surface area (Å²) in [5, 5.41) is 3.77. The van der Waals surface area contributed by atoms with Crippen molar-refractivity contribution in [3.05, 3.63) is 41.3 Å². The Morgan fingerprint density at radius 3 is 2.31 bits per heavy atom. The average molecular weight is 424 g/mol. The fourth-order valence-electron chi connectivity index (χ4n) is 3.09. The van der Waals surface area contributed by atoms with Crippen LogP contribution >= 0.6 is 0 Å². The number of hydrogen-bond acceptors (Lipinski definition) is 5. The molecule has 8 nitrogen and oxygen atoms in total. The second-order valence-electron chi connectivity index (χ2n) is 7.30. The topological polar surface area (TPSA) is 96.0 Å². The molecule has 0 spiro atoms. The zero-order chi connectivity index (χ0) is 21.4. The van der Waals surface area contributed by atoms with E-state index in [0.29, 0.717) is 6.42 Å². The van der Waals surface area contributed by atoms with Crippen LogP contribution in [0, 0.1) is 5.92 Å². The molecule has 1 heterocycles. The number of piperazine rings is 1. The number of sulfonamides is 1. The Morgan fingerprint density at radius 1 is 1.14 bits per heavy atom. The summed E-state index contributed by atoms with van der Waals surface area (Å²) in [7, 11) is -2.32. The van der Waals surface area contributed by atoms with Crippen LogP contribution in [0.4, 0.5) is 4.79 Å². The van der Waals surface area contributed by atoms with Gasteiger partial charge in [0.2, 0.25) is 15.9 Å². The molecule has 160 valence electrons. The van der Waals surface area contributed by atoms with Crippen molar-refractivity contribution >= 4 is 28.1 Å². The molecule has 1 aromatic rings. The Bertz CT molecular complexity index is 816. The van der Waals surface area contributed by atoms with Crippen molar-refractivity contribution in [3.8, 4) is 0 Å². The van der Waals surface area contributed by atoms with Crippen LogP contribution in [0.5, 0.6) is 0 Å². The molecule has 1 aromatic carbocycles. The summed E-state index contributed by atoms with van der Waals surface area (Å²) in [5.74, 6) is -0.0214. The lowest BCUT2D eigenvalue weighted by molar-refractivity contribution is -0.134. The van der Waals surface area contributed by atoms with Gasteiger partial charge in [-0.05, 0) is 24.0 Å². The summed E-state index contributed by atoms with van der Waals surface area (Å²) in [6, 6.07) is 8.50. The minimum Gasteiger partial charge on any atom is -0.453 e. The van der Waals surface area contributed by atoms with E-state index in [0.717, 1.165) is 5.56 Å². The van der Waals surface area contributed by atoms with E-state index >= 15 is 0 Å². The van der Waals surface area contributed by atoms with Crippen molar-refractivity contribution in [1.82, 2.24) is 14.5 Å². The molecule has 1 aliphatic rings. The van der Waals surface area contributed by atoms with E-state index in [2.05, 4.69) is 10.1 Å². The van der Waals surface area contributed by atoms with Gasteiger partial charge in [-0.1, -0.05) is 44.2 Å². The standard InChI is InChI=1S/C20H29N3O5S/c1-16(2)15-18(21-20(25)28-3)19(24)22-10-12-23(13-11-22)29(26,27)14-9-17-7-5-4-6-8-17/h4-9,14,16,18H,10-13,15H2,1-3H3,(H,21,25)/b14-9+. The van der Waals surface area contributed by atoms with E-state index in [-0.39, 0.29) is 38.0 Å². The van der Waals surface area contributed by atoms with E-state index in [1.54, 1.807) is 11.0 Å². The molecule has 0 radical (unpaired) electrons. The van der Waals surface area contributed by atoms with Gasteiger partial charge in [0.1, 0.15) is 6.04 Å². The predicted molar refractivity (Wildman–Crippen MR) is 111 cm³/mol.